The van der Waals surface area contributed by atoms with Crippen molar-refractivity contribution in [2.45, 2.75) is 405 Å². The highest BCUT2D eigenvalue weighted by Crippen LogP contribution is 2.43. The van der Waals surface area contributed by atoms with E-state index in [0.717, 1.165) is 51.4 Å². The van der Waals surface area contributed by atoms with Gasteiger partial charge in [0.05, 0.1) is 39.9 Å². The zero-order valence-electron chi connectivity index (χ0n) is 57.9. The number of unbranched alkanes of at least 4 members (excludes halogenated alkanes) is 52. The van der Waals surface area contributed by atoms with E-state index in [1.54, 1.807) is 0 Å². The molecule has 0 bridgehead atoms. The highest BCUT2D eigenvalue weighted by atomic mass is 31.2. The van der Waals surface area contributed by atoms with Crippen LogP contribution in [0.15, 0.2) is 36.5 Å². The molecule has 9 heteroatoms. The van der Waals surface area contributed by atoms with Crippen molar-refractivity contribution in [2.75, 3.05) is 40.9 Å². The fraction of sp³-hybridized carbons (Fsp3) is 0.908. The molecular formula is C76H150N2O6P+. The van der Waals surface area contributed by atoms with Gasteiger partial charge in [0, 0.05) is 6.42 Å². The van der Waals surface area contributed by atoms with E-state index in [1.807, 2.05) is 21.1 Å². The first-order valence-corrected chi connectivity index (χ1v) is 39.3. The monoisotopic (exact) mass is 1220 g/mol. The third kappa shape index (κ3) is 70.0. The number of carbonyl (C=O) groups excluding carboxylic acids is 1. The Morgan fingerprint density at radius 2 is 0.671 bits per heavy atom. The second-order valence-corrected chi connectivity index (χ2v) is 28.8. The second kappa shape index (κ2) is 67.1. The maximum atomic E-state index is 13.1. The molecular weight excluding hydrogens is 1070 g/mol. The molecule has 0 fully saturated rings. The largest absolute Gasteiger partial charge is 0.472 e. The summed E-state index contributed by atoms with van der Waals surface area (Å²) >= 11 is 0. The molecule has 8 nitrogen and oxygen atoms in total. The van der Waals surface area contributed by atoms with Crippen molar-refractivity contribution < 1.29 is 32.9 Å². The standard InChI is InChI=1S/C76H149N2O6P/c1-6-8-10-12-14-16-18-20-22-24-26-28-30-32-33-34-35-36-37-38-39-40-41-42-43-44-45-46-48-50-52-54-56-58-60-62-64-66-68-70-76(80)77-74(73-84-85(81,82)83-72-71-78(3,4)5)75(79)69-67-65-63-61-59-57-55-53-51-49-47-31-29-27-25-23-21-19-17-15-13-11-9-7-2/h18,20,24,26,30,32,74-75,79H,6-17,19,21-23,25,27-29,31,33-73H2,1-5H3,(H-,77,80,81,82)/p+1/b20-18-,26-24-,32-30-. The summed E-state index contributed by atoms with van der Waals surface area (Å²) in [5, 5.41) is 14.2. The van der Waals surface area contributed by atoms with Crippen molar-refractivity contribution in [1.29, 1.82) is 0 Å². The third-order valence-corrected chi connectivity index (χ3v) is 18.6. The highest BCUT2D eigenvalue weighted by molar-refractivity contribution is 7.47. The third-order valence-electron chi connectivity index (χ3n) is 17.6. The molecule has 3 unspecified atom stereocenters. The summed E-state index contributed by atoms with van der Waals surface area (Å²) in [5.74, 6) is -0.135. The maximum Gasteiger partial charge on any atom is 0.472 e. The normalized spacial score (nSPS) is 13.7. The van der Waals surface area contributed by atoms with Crippen LogP contribution < -0.4 is 5.32 Å². The molecule has 0 spiro atoms. The molecule has 1 amide bonds. The van der Waals surface area contributed by atoms with Crippen molar-refractivity contribution in [2.24, 2.45) is 0 Å². The average molecular weight is 1220 g/mol. The SMILES string of the molecule is CCCCCCC/C=C\C/C=C\C/C=C\CCCCCCCCCCCCCCCCCCCCCCCCCCC(=O)NC(COP(=O)(O)OCC[N+](C)(C)C)C(O)CCCCCCCCCCCCCCCCCCCCCCCCCC. The molecule has 0 aliphatic heterocycles. The van der Waals surface area contributed by atoms with Crippen molar-refractivity contribution in [3.63, 3.8) is 0 Å². The summed E-state index contributed by atoms with van der Waals surface area (Å²) in [6.45, 7) is 4.94. The minimum Gasteiger partial charge on any atom is -0.391 e. The number of nitrogens with one attached hydrogen (secondary N) is 1. The van der Waals surface area contributed by atoms with E-state index in [2.05, 4.69) is 55.6 Å². The molecule has 85 heavy (non-hydrogen) atoms. The van der Waals surface area contributed by atoms with E-state index in [4.69, 9.17) is 9.05 Å². The predicted molar refractivity (Wildman–Crippen MR) is 374 cm³/mol. The van der Waals surface area contributed by atoms with Gasteiger partial charge < -0.3 is 19.8 Å². The highest BCUT2D eigenvalue weighted by Gasteiger charge is 2.28. The van der Waals surface area contributed by atoms with Gasteiger partial charge in [-0.25, -0.2) is 4.57 Å². The quantitative estimate of drug-likeness (QED) is 0.0243. The van der Waals surface area contributed by atoms with Crippen LogP contribution in [0.5, 0.6) is 0 Å². The number of hydrogen-bond donors (Lipinski definition) is 3. The van der Waals surface area contributed by atoms with Crippen LogP contribution in [0, 0.1) is 0 Å². The lowest BCUT2D eigenvalue weighted by atomic mass is 10.0. The smallest absolute Gasteiger partial charge is 0.391 e. The van der Waals surface area contributed by atoms with Crippen LogP contribution in [0.25, 0.3) is 0 Å². The Morgan fingerprint density at radius 1 is 0.400 bits per heavy atom. The number of amides is 1. The van der Waals surface area contributed by atoms with Crippen LogP contribution in [0.1, 0.15) is 393 Å². The van der Waals surface area contributed by atoms with E-state index in [0.29, 0.717) is 23.9 Å². The zero-order chi connectivity index (χ0) is 61.9. The van der Waals surface area contributed by atoms with E-state index >= 15 is 0 Å². The van der Waals surface area contributed by atoms with Gasteiger partial charge in [0.1, 0.15) is 13.2 Å². The lowest BCUT2D eigenvalue weighted by Crippen LogP contribution is -2.46. The zero-order valence-corrected chi connectivity index (χ0v) is 58.8. The topological polar surface area (TPSA) is 105 Å². The Bertz CT molecular complexity index is 1480. The summed E-state index contributed by atoms with van der Waals surface area (Å²) in [4.78, 5) is 23.5. The fourth-order valence-electron chi connectivity index (χ4n) is 11.8. The van der Waals surface area contributed by atoms with Crippen molar-refractivity contribution in [3.05, 3.63) is 36.5 Å². The van der Waals surface area contributed by atoms with Gasteiger partial charge in [-0.1, -0.05) is 371 Å². The molecule has 0 saturated heterocycles. The van der Waals surface area contributed by atoms with Crippen LogP contribution in [-0.2, 0) is 18.4 Å². The number of hydrogen-bond acceptors (Lipinski definition) is 5. The van der Waals surface area contributed by atoms with Crippen molar-refractivity contribution in [1.82, 2.24) is 5.32 Å². The molecule has 0 radical (unpaired) electrons. The molecule has 3 N–H and O–H groups in total. The van der Waals surface area contributed by atoms with Crippen LogP contribution in [0.3, 0.4) is 0 Å². The van der Waals surface area contributed by atoms with Crippen LogP contribution in [0.2, 0.25) is 0 Å². The van der Waals surface area contributed by atoms with E-state index in [-0.39, 0.29) is 19.1 Å². The minimum atomic E-state index is -4.33. The van der Waals surface area contributed by atoms with Crippen LogP contribution in [0.4, 0.5) is 0 Å². The van der Waals surface area contributed by atoms with Gasteiger partial charge in [-0.15, -0.1) is 0 Å². The Balaban J connectivity index is 3.91. The summed E-state index contributed by atoms with van der Waals surface area (Å²) in [6, 6.07) is -0.760. The molecule has 0 rings (SSSR count). The van der Waals surface area contributed by atoms with Gasteiger partial charge >= 0.3 is 7.82 Å². The first-order valence-electron chi connectivity index (χ1n) is 37.9. The van der Waals surface area contributed by atoms with Gasteiger partial charge in [0.2, 0.25) is 5.91 Å². The predicted octanol–water partition coefficient (Wildman–Crippen LogP) is 24.4. The molecule has 0 aromatic carbocycles. The number of phosphoric ester groups is 1. The van der Waals surface area contributed by atoms with Gasteiger partial charge in [-0.3, -0.25) is 13.8 Å². The number of quaternary nitrogens is 1. The fourth-order valence-corrected chi connectivity index (χ4v) is 12.5. The van der Waals surface area contributed by atoms with Crippen molar-refractivity contribution >= 4 is 13.7 Å². The Kier molecular flexibility index (Phi) is 66.1. The molecule has 504 valence electrons. The molecule has 0 saturated carbocycles. The molecule has 0 heterocycles. The second-order valence-electron chi connectivity index (χ2n) is 27.4. The number of likely N-dealkylation sites (N-methyl/N-ethyl adjacent to an activating group) is 1. The summed E-state index contributed by atoms with van der Waals surface area (Å²) in [6.07, 6.45) is 89.9. The summed E-state index contributed by atoms with van der Waals surface area (Å²) in [7, 11) is 1.64. The van der Waals surface area contributed by atoms with E-state index in [9.17, 15) is 19.4 Å². The molecule has 0 aromatic heterocycles. The Labute approximate surface area is 531 Å². The van der Waals surface area contributed by atoms with Gasteiger partial charge in [0.25, 0.3) is 0 Å². The van der Waals surface area contributed by atoms with Crippen molar-refractivity contribution in [3.8, 4) is 0 Å². The number of aliphatic hydroxyl groups is 1. The molecule has 0 aliphatic carbocycles. The van der Waals surface area contributed by atoms with E-state index in [1.165, 1.54) is 315 Å². The number of carbonyl (C=O) groups is 1. The Morgan fingerprint density at radius 3 is 0.976 bits per heavy atom. The number of nitrogens with zero attached hydrogens (tertiary/aromatic N) is 1. The van der Waals surface area contributed by atoms with Crippen LogP contribution >= 0.6 is 7.82 Å². The lowest BCUT2D eigenvalue weighted by molar-refractivity contribution is -0.870. The van der Waals surface area contributed by atoms with E-state index < -0.39 is 20.0 Å². The Hall–Kier alpha value is -1.28. The maximum absolute atomic E-state index is 13.1. The first kappa shape index (κ1) is 83.7. The number of allylic oxidation sites excluding steroid dienone is 6. The minimum absolute atomic E-state index is 0.0775. The number of aliphatic hydroxyl groups excluding tert-OH is 1. The molecule has 0 aliphatic rings. The molecule has 0 aromatic rings. The van der Waals surface area contributed by atoms with Gasteiger partial charge in [-0.2, -0.15) is 0 Å². The first-order chi connectivity index (χ1) is 41.5. The number of phosphoric acid groups is 1. The lowest BCUT2D eigenvalue weighted by Gasteiger charge is -2.26. The average Bonchev–Trinajstić information content (AvgIpc) is 3.49. The number of rotatable bonds is 71. The van der Waals surface area contributed by atoms with Crippen LogP contribution in [-0.4, -0.2) is 73.4 Å². The summed E-state index contributed by atoms with van der Waals surface area (Å²) < 4.78 is 23.9. The van der Waals surface area contributed by atoms with Gasteiger partial charge in [-0.05, 0) is 51.4 Å². The van der Waals surface area contributed by atoms with Gasteiger partial charge in [0.15, 0.2) is 0 Å². The molecule has 3 atom stereocenters. The summed E-state index contributed by atoms with van der Waals surface area (Å²) in [5.41, 5.74) is 0.